The first-order valence-corrected chi connectivity index (χ1v) is 6.95. The van der Waals surface area contributed by atoms with Crippen LogP contribution < -0.4 is 5.32 Å². The number of thioether (sulfide) groups is 1. The van der Waals surface area contributed by atoms with E-state index >= 15 is 0 Å². The number of aryl methyl sites for hydroxylation is 2. The van der Waals surface area contributed by atoms with Gasteiger partial charge in [-0.15, -0.1) is 11.8 Å². The van der Waals surface area contributed by atoms with Crippen LogP contribution in [0.5, 0.6) is 0 Å². The van der Waals surface area contributed by atoms with Gasteiger partial charge in [0.1, 0.15) is 0 Å². The Morgan fingerprint density at radius 2 is 2.06 bits per heavy atom. The second-order valence-corrected chi connectivity index (χ2v) is 5.69. The second-order valence-electron chi connectivity index (χ2n) is 4.65. The standard InChI is InChI=1S/C13H22N2OS/c1-9(2)14-7-12(16)8-17-13-6-10(3)5-11(4)15-13/h5-6,9,12,14,16H,7-8H2,1-4H3. The average molecular weight is 254 g/mol. The van der Waals surface area contributed by atoms with Gasteiger partial charge in [0, 0.05) is 24.0 Å². The quantitative estimate of drug-likeness (QED) is 0.764. The molecule has 0 amide bonds. The minimum absolute atomic E-state index is 0.329. The smallest absolute Gasteiger partial charge is 0.0966 e. The SMILES string of the molecule is Cc1cc(C)nc(SCC(O)CNC(C)C)c1. The predicted molar refractivity (Wildman–Crippen MR) is 73.6 cm³/mol. The maximum absolute atomic E-state index is 9.79. The molecule has 1 rings (SSSR count). The van der Waals surface area contributed by atoms with Crippen molar-refractivity contribution in [2.45, 2.75) is 44.9 Å². The van der Waals surface area contributed by atoms with Crippen molar-refractivity contribution in [1.82, 2.24) is 10.3 Å². The van der Waals surface area contributed by atoms with Crippen LogP contribution in [0.3, 0.4) is 0 Å². The van der Waals surface area contributed by atoms with E-state index in [9.17, 15) is 5.11 Å². The Hall–Kier alpha value is -0.580. The van der Waals surface area contributed by atoms with Crippen molar-refractivity contribution in [3.05, 3.63) is 23.4 Å². The van der Waals surface area contributed by atoms with Crippen LogP contribution in [0, 0.1) is 13.8 Å². The lowest BCUT2D eigenvalue weighted by Crippen LogP contribution is -2.33. The molecule has 0 saturated carbocycles. The first kappa shape index (κ1) is 14.5. The monoisotopic (exact) mass is 254 g/mol. The van der Waals surface area contributed by atoms with E-state index in [-0.39, 0.29) is 6.10 Å². The van der Waals surface area contributed by atoms with Gasteiger partial charge in [0.2, 0.25) is 0 Å². The summed E-state index contributed by atoms with van der Waals surface area (Å²) in [6, 6.07) is 4.52. The normalized spacial score (nSPS) is 13.1. The Morgan fingerprint density at radius 1 is 1.35 bits per heavy atom. The molecule has 4 heteroatoms. The summed E-state index contributed by atoms with van der Waals surface area (Å²) in [6.45, 7) is 8.84. The van der Waals surface area contributed by atoms with Crippen LogP contribution in [0.2, 0.25) is 0 Å². The fourth-order valence-electron chi connectivity index (χ4n) is 1.49. The van der Waals surface area contributed by atoms with Gasteiger partial charge in [-0.05, 0) is 31.5 Å². The molecular weight excluding hydrogens is 232 g/mol. The summed E-state index contributed by atoms with van der Waals surface area (Å²) in [7, 11) is 0. The molecule has 2 N–H and O–H groups in total. The highest BCUT2D eigenvalue weighted by molar-refractivity contribution is 7.99. The third-order valence-electron chi connectivity index (χ3n) is 2.26. The molecule has 0 aliphatic rings. The van der Waals surface area contributed by atoms with E-state index in [1.165, 1.54) is 5.56 Å². The summed E-state index contributed by atoms with van der Waals surface area (Å²) in [6.07, 6.45) is -0.329. The van der Waals surface area contributed by atoms with Gasteiger partial charge in [-0.1, -0.05) is 13.8 Å². The van der Waals surface area contributed by atoms with Crippen LogP contribution in [0.4, 0.5) is 0 Å². The zero-order valence-electron chi connectivity index (χ0n) is 11.0. The number of aromatic nitrogens is 1. The van der Waals surface area contributed by atoms with Crippen LogP contribution in [0.1, 0.15) is 25.1 Å². The van der Waals surface area contributed by atoms with Gasteiger partial charge < -0.3 is 10.4 Å². The number of aliphatic hydroxyl groups is 1. The summed E-state index contributed by atoms with van der Waals surface area (Å²) in [5, 5.41) is 14.0. The highest BCUT2D eigenvalue weighted by Crippen LogP contribution is 2.18. The molecular formula is C13H22N2OS. The Labute approximate surface area is 108 Å². The number of nitrogens with one attached hydrogen (secondary N) is 1. The van der Waals surface area contributed by atoms with Crippen molar-refractivity contribution in [1.29, 1.82) is 0 Å². The van der Waals surface area contributed by atoms with Gasteiger partial charge in [0.15, 0.2) is 0 Å². The van der Waals surface area contributed by atoms with Gasteiger partial charge in [-0.3, -0.25) is 0 Å². The first-order valence-electron chi connectivity index (χ1n) is 5.97. The largest absolute Gasteiger partial charge is 0.391 e. The van der Waals surface area contributed by atoms with Gasteiger partial charge >= 0.3 is 0 Å². The molecule has 1 aromatic rings. The summed E-state index contributed by atoms with van der Waals surface area (Å²) < 4.78 is 0. The fraction of sp³-hybridized carbons (Fsp3) is 0.615. The Morgan fingerprint density at radius 3 is 2.65 bits per heavy atom. The zero-order valence-corrected chi connectivity index (χ0v) is 11.8. The van der Waals surface area contributed by atoms with Crippen molar-refractivity contribution in [2.24, 2.45) is 0 Å². The Bertz CT molecular complexity index is 335. The molecule has 0 aliphatic carbocycles. The lowest BCUT2D eigenvalue weighted by atomic mass is 10.3. The topological polar surface area (TPSA) is 45.2 Å². The Kier molecular flexibility index (Phi) is 5.95. The average Bonchev–Trinajstić information content (AvgIpc) is 2.22. The minimum Gasteiger partial charge on any atom is -0.391 e. The van der Waals surface area contributed by atoms with Crippen molar-refractivity contribution >= 4 is 11.8 Å². The molecule has 96 valence electrons. The van der Waals surface area contributed by atoms with E-state index in [2.05, 4.69) is 43.2 Å². The molecule has 0 bridgehead atoms. The molecule has 0 fully saturated rings. The number of pyridine rings is 1. The number of aliphatic hydroxyl groups excluding tert-OH is 1. The van der Waals surface area contributed by atoms with Crippen LogP contribution in [-0.4, -0.2) is 34.5 Å². The van der Waals surface area contributed by atoms with E-state index in [4.69, 9.17) is 0 Å². The second kappa shape index (κ2) is 6.99. The van der Waals surface area contributed by atoms with Gasteiger partial charge in [-0.2, -0.15) is 0 Å². The molecule has 1 heterocycles. The molecule has 1 aromatic heterocycles. The van der Waals surface area contributed by atoms with Gasteiger partial charge in [-0.25, -0.2) is 4.98 Å². The molecule has 17 heavy (non-hydrogen) atoms. The van der Waals surface area contributed by atoms with Crippen LogP contribution >= 0.6 is 11.8 Å². The number of hydrogen-bond donors (Lipinski definition) is 2. The van der Waals surface area contributed by atoms with Gasteiger partial charge in [0.05, 0.1) is 11.1 Å². The van der Waals surface area contributed by atoms with Gasteiger partial charge in [0.25, 0.3) is 0 Å². The maximum atomic E-state index is 9.79. The molecule has 3 nitrogen and oxygen atoms in total. The van der Waals surface area contributed by atoms with E-state index < -0.39 is 0 Å². The van der Waals surface area contributed by atoms with E-state index in [0.717, 1.165) is 10.7 Å². The molecule has 0 saturated heterocycles. The molecule has 0 radical (unpaired) electrons. The lowest BCUT2D eigenvalue weighted by molar-refractivity contribution is 0.192. The van der Waals surface area contributed by atoms with Crippen molar-refractivity contribution in [2.75, 3.05) is 12.3 Å². The van der Waals surface area contributed by atoms with Crippen molar-refractivity contribution in [3.63, 3.8) is 0 Å². The summed E-state index contributed by atoms with van der Waals surface area (Å²) in [5.74, 6) is 0.676. The predicted octanol–water partition coefficient (Wildman–Crippen LogP) is 2.15. The Balaban J connectivity index is 2.39. The highest BCUT2D eigenvalue weighted by atomic mass is 32.2. The third-order valence-corrected chi connectivity index (χ3v) is 3.32. The number of nitrogens with zero attached hydrogens (tertiary/aromatic N) is 1. The fourth-order valence-corrected chi connectivity index (χ4v) is 2.45. The highest BCUT2D eigenvalue weighted by Gasteiger charge is 2.07. The van der Waals surface area contributed by atoms with E-state index in [1.807, 2.05) is 6.92 Å². The third kappa shape index (κ3) is 6.05. The van der Waals surface area contributed by atoms with Crippen LogP contribution in [-0.2, 0) is 0 Å². The summed E-state index contributed by atoms with van der Waals surface area (Å²) in [4.78, 5) is 4.43. The summed E-state index contributed by atoms with van der Waals surface area (Å²) in [5.41, 5.74) is 2.25. The van der Waals surface area contributed by atoms with E-state index in [1.54, 1.807) is 11.8 Å². The molecule has 1 unspecified atom stereocenters. The minimum atomic E-state index is -0.329. The summed E-state index contributed by atoms with van der Waals surface area (Å²) >= 11 is 1.61. The lowest BCUT2D eigenvalue weighted by Gasteiger charge is -2.13. The number of rotatable bonds is 6. The van der Waals surface area contributed by atoms with Crippen LogP contribution in [0.15, 0.2) is 17.2 Å². The first-order chi connectivity index (χ1) is 7.97. The molecule has 1 atom stereocenters. The van der Waals surface area contributed by atoms with Crippen LogP contribution in [0.25, 0.3) is 0 Å². The van der Waals surface area contributed by atoms with E-state index in [0.29, 0.717) is 18.3 Å². The molecule has 0 aromatic carbocycles. The van der Waals surface area contributed by atoms with Crippen molar-refractivity contribution in [3.8, 4) is 0 Å². The molecule has 0 spiro atoms. The molecule has 0 aliphatic heterocycles. The zero-order chi connectivity index (χ0) is 12.8. The number of hydrogen-bond acceptors (Lipinski definition) is 4. The maximum Gasteiger partial charge on any atom is 0.0966 e. The van der Waals surface area contributed by atoms with Crippen molar-refractivity contribution < 1.29 is 5.11 Å².